The summed E-state index contributed by atoms with van der Waals surface area (Å²) in [5, 5.41) is 2.51. The zero-order valence-corrected chi connectivity index (χ0v) is 27.4. The van der Waals surface area contributed by atoms with Gasteiger partial charge in [0.2, 0.25) is 0 Å². The molecule has 0 saturated heterocycles. The average molecular weight is 643 g/mol. The van der Waals surface area contributed by atoms with E-state index in [2.05, 4.69) is 170 Å². The highest BCUT2D eigenvalue weighted by atomic mass is 32.1. The van der Waals surface area contributed by atoms with Crippen LogP contribution in [-0.4, -0.2) is 9.97 Å². The maximum absolute atomic E-state index is 5.07. The van der Waals surface area contributed by atoms with Gasteiger partial charge in [-0.3, -0.25) is 0 Å². The lowest BCUT2D eigenvalue weighted by molar-refractivity contribution is 1.18. The minimum atomic E-state index is 0.728. The molecule has 0 saturated carbocycles. The Morgan fingerprint density at radius 1 is 0.286 bits per heavy atom. The van der Waals surface area contributed by atoms with E-state index in [-0.39, 0.29) is 0 Å². The molecule has 0 amide bonds. The van der Waals surface area contributed by atoms with E-state index in [9.17, 15) is 0 Å². The van der Waals surface area contributed by atoms with Gasteiger partial charge in [-0.25, -0.2) is 9.97 Å². The third kappa shape index (κ3) is 5.71. The molecular weight excluding hydrogens is 613 g/mol. The summed E-state index contributed by atoms with van der Waals surface area (Å²) in [7, 11) is 0. The van der Waals surface area contributed by atoms with Crippen molar-refractivity contribution in [1.29, 1.82) is 0 Å². The molecular formula is C46H30N2S. The van der Waals surface area contributed by atoms with Crippen molar-refractivity contribution >= 4 is 31.5 Å². The Morgan fingerprint density at radius 2 is 0.755 bits per heavy atom. The van der Waals surface area contributed by atoms with Crippen LogP contribution >= 0.6 is 11.3 Å². The lowest BCUT2D eigenvalue weighted by atomic mass is 9.93. The lowest BCUT2D eigenvalue weighted by Gasteiger charge is -2.11. The maximum Gasteiger partial charge on any atom is 0.160 e. The fourth-order valence-electron chi connectivity index (χ4n) is 6.57. The molecule has 2 heterocycles. The molecule has 0 aliphatic heterocycles. The zero-order chi connectivity index (χ0) is 32.6. The Labute approximate surface area is 289 Å². The highest BCUT2D eigenvalue weighted by molar-refractivity contribution is 7.25. The van der Waals surface area contributed by atoms with Crippen LogP contribution < -0.4 is 0 Å². The monoisotopic (exact) mass is 642 g/mol. The highest BCUT2D eigenvalue weighted by Gasteiger charge is 2.14. The summed E-state index contributed by atoms with van der Waals surface area (Å²) in [4.78, 5) is 10.1. The van der Waals surface area contributed by atoms with Gasteiger partial charge in [-0.05, 0) is 75.8 Å². The van der Waals surface area contributed by atoms with E-state index in [1.165, 1.54) is 53.6 Å². The Morgan fingerprint density at radius 3 is 1.29 bits per heavy atom. The minimum absolute atomic E-state index is 0.728. The number of benzene rings is 7. The van der Waals surface area contributed by atoms with Crippen LogP contribution in [0, 0.1) is 0 Å². The molecule has 2 aromatic heterocycles. The van der Waals surface area contributed by atoms with Crippen LogP contribution in [0.3, 0.4) is 0 Å². The SMILES string of the molecule is c1ccc(-c2cc(-c3ccccc3)cc(-c3ccc4sc5cc(-c6nc(-c7ccccc7)cc(-c7ccccc7)n6)ccc5c4c3)c2)cc1. The molecule has 0 atom stereocenters. The first kappa shape index (κ1) is 29.0. The summed E-state index contributed by atoms with van der Waals surface area (Å²) in [6.07, 6.45) is 0. The molecule has 9 rings (SSSR count). The fourth-order valence-corrected chi connectivity index (χ4v) is 7.70. The van der Waals surface area contributed by atoms with Crippen molar-refractivity contribution in [3.8, 4) is 67.3 Å². The lowest BCUT2D eigenvalue weighted by Crippen LogP contribution is -1.95. The van der Waals surface area contributed by atoms with E-state index < -0.39 is 0 Å². The van der Waals surface area contributed by atoms with Crippen molar-refractivity contribution in [1.82, 2.24) is 9.97 Å². The molecule has 0 aliphatic rings. The van der Waals surface area contributed by atoms with Crippen molar-refractivity contribution in [3.05, 3.63) is 182 Å². The summed E-state index contributed by atoms with van der Waals surface area (Å²) in [6.45, 7) is 0. The van der Waals surface area contributed by atoms with E-state index in [0.29, 0.717) is 0 Å². The van der Waals surface area contributed by atoms with Gasteiger partial charge >= 0.3 is 0 Å². The van der Waals surface area contributed by atoms with Gasteiger partial charge in [-0.1, -0.05) is 140 Å². The molecule has 3 heteroatoms. The Kier molecular flexibility index (Phi) is 7.38. The van der Waals surface area contributed by atoms with Gasteiger partial charge in [0.25, 0.3) is 0 Å². The quantitative estimate of drug-likeness (QED) is 0.180. The van der Waals surface area contributed by atoms with E-state index in [0.717, 1.165) is 33.9 Å². The van der Waals surface area contributed by atoms with Gasteiger partial charge < -0.3 is 0 Å². The molecule has 7 aromatic carbocycles. The first-order valence-corrected chi connectivity index (χ1v) is 17.3. The molecule has 0 unspecified atom stereocenters. The largest absolute Gasteiger partial charge is 0.228 e. The van der Waals surface area contributed by atoms with Gasteiger partial charge in [0.15, 0.2) is 5.82 Å². The first-order chi connectivity index (χ1) is 24.2. The van der Waals surface area contributed by atoms with Crippen molar-refractivity contribution in [2.75, 3.05) is 0 Å². The maximum atomic E-state index is 5.07. The summed E-state index contributed by atoms with van der Waals surface area (Å²) < 4.78 is 2.49. The third-order valence-electron chi connectivity index (χ3n) is 9.08. The van der Waals surface area contributed by atoms with Gasteiger partial charge in [-0.15, -0.1) is 11.3 Å². The minimum Gasteiger partial charge on any atom is -0.228 e. The summed E-state index contributed by atoms with van der Waals surface area (Å²) >= 11 is 1.82. The van der Waals surface area contributed by atoms with E-state index >= 15 is 0 Å². The van der Waals surface area contributed by atoms with Gasteiger partial charge in [0, 0.05) is 36.9 Å². The number of thiophene rings is 1. The van der Waals surface area contributed by atoms with E-state index in [1.807, 2.05) is 23.5 Å². The van der Waals surface area contributed by atoms with E-state index in [4.69, 9.17) is 9.97 Å². The number of hydrogen-bond donors (Lipinski definition) is 0. The van der Waals surface area contributed by atoms with Crippen molar-refractivity contribution < 1.29 is 0 Å². The van der Waals surface area contributed by atoms with E-state index in [1.54, 1.807) is 0 Å². The first-order valence-electron chi connectivity index (χ1n) is 16.5. The number of nitrogens with zero attached hydrogens (tertiary/aromatic N) is 2. The molecule has 0 aliphatic carbocycles. The molecule has 49 heavy (non-hydrogen) atoms. The average Bonchev–Trinajstić information content (AvgIpc) is 3.56. The second-order valence-corrected chi connectivity index (χ2v) is 13.3. The van der Waals surface area contributed by atoms with Gasteiger partial charge in [0.1, 0.15) is 0 Å². The van der Waals surface area contributed by atoms with Crippen LogP contribution in [0.25, 0.3) is 87.5 Å². The van der Waals surface area contributed by atoms with Gasteiger partial charge in [0.05, 0.1) is 11.4 Å². The number of hydrogen-bond acceptors (Lipinski definition) is 3. The normalized spacial score (nSPS) is 11.3. The number of fused-ring (bicyclic) bond motifs is 3. The molecule has 0 bridgehead atoms. The predicted molar refractivity (Wildman–Crippen MR) is 208 cm³/mol. The van der Waals surface area contributed by atoms with Gasteiger partial charge in [-0.2, -0.15) is 0 Å². The second kappa shape index (κ2) is 12.5. The van der Waals surface area contributed by atoms with Crippen LogP contribution in [0.4, 0.5) is 0 Å². The third-order valence-corrected chi connectivity index (χ3v) is 10.2. The standard InChI is InChI=1S/C46H30N2S/c1-5-13-31(14-6-1)37-25-38(32-15-7-2-8-16-32)27-39(26-37)35-22-24-44-41(28-35)40-23-21-36(29-45(40)49-44)46-47-42(33-17-9-3-10-18-33)30-43(48-46)34-19-11-4-12-20-34/h1-30H. The van der Waals surface area contributed by atoms with Crippen LogP contribution in [0.15, 0.2) is 182 Å². The zero-order valence-electron chi connectivity index (χ0n) is 26.6. The molecule has 2 nitrogen and oxygen atoms in total. The van der Waals surface area contributed by atoms with Crippen LogP contribution in [0.1, 0.15) is 0 Å². The predicted octanol–water partition coefficient (Wildman–Crippen LogP) is 12.8. The van der Waals surface area contributed by atoms with Crippen LogP contribution in [0.5, 0.6) is 0 Å². The Hall–Kier alpha value is -6.16. The summed E-state index contributed by atoms with van der Waals surface area (Å²) in [6, 6.07) is 64.6. The highest BCUT2D eigenvalue weighted by Crippen LogP contribution is 2.40. The molecule has 9 aromatic rings. The fraction of sp³-hybridized carbons (Fsp3) is 0. The van der Waals surface area contributed by atoms with Crippen molar-refractivity contribution in [3.63, 3.8) is 0 Å². The van der Waals surface area contributed by atoms with Crippen molar-refractivity contribution in [2.24, 2.45) is 0 Å². The molecule has 0 N–H and O–H groups in total. The topological polar surface area (TPSA) is 25.8 Å². The molecule has 0 fully saturated rings. The molecule has 0 spiro atoms. The molecule has 0 radical (unpaired) electrons. The van der Waals surface area contributed by atoms with Crippen molar-refractivity contribution in [2.45, 2.75) is 0 Å². The van der Waals surface area contributed by atoms with Crippen LogP contribution in [-0.2, 0) is 0 Å². The Balaban J connectivity index is 1.15. The molecule has 230 valence electrons. The summed E-state index contributed by atoms with van der Waals surface area (Å²) in [5.74, 6) is 0.728. The number of aromatic nitrogens is 2. The number of rotatable bonds is 6. The second-order valence-electron chi connectivity index (χ2n) is 12.2. The smallest absolute Gasteiger partial charge is 0.160 e. The summed E-state index contributed by atoms with van der Waals surface area (Å²) in [5.41, 5.74) is 12.3. The Bertz CT molecular complexity index is 2460. The van der Waals surface area contributed by atoms with Crippen LogP contribution in [0.2, 0.25) is 0 Å².